The van der Waals surface area contributed by atoms with Crippen LogP contribution in [0.4, 0.5) is 4.39 Å². The van der Waals surface area contributed by atoms with Crippen molar-refractivity contribution in [3.63, 3.8) is 0 Å². The molecule has 16 heavy (non-hydrogen) atoms. The maximum absolute atomic E-state index is 13.5. The Hall–Kier alpha value is -1.40. The third-order valence-corrected chi connectivity index (χ3v) is 2.69. The number of rotatable bonds is 5. The first-order chi connectivity index (χ1) is 7.69. The summed E-state index contributed by atoms with van der Waals surface area (Å²) in [6, 6.07) is 8.92. The van der Waals surface area contributed by atoms with Crippen LogP contribution >= 0.6 is 0 Å². The monoisotopic (exact) mass is 220 g/mol. The van der Waals surface area contributed by atoms with E-state index in [4.69, 9.17) is 5.26 Å². The average molecular weight is 220 g/mol. The summed E-state index contributed by atoms with van der Waals surface area (Å²) in [6.45, 7) is 3.93. The second-order valence-electron chi connectivity index (χ2n) is 3.88. The summed E-state index contributed by atoms with van der Waals surface area (Å²) in [4.78, 5) is 0. The van der Waals surface area contributed by atoms with Gasteiger partial charge < -0.3 is 5.32 Å². The quantitative estimate of drug-likeness (QED) is 0.827. The lowest BCUT2D eigenvalue weighted by molar-refractivity contribution is 0.436. The molecule has 0 aliphatic heterocycles. The third kappa shape index (κ3) is 3.32. The highest BCUT2D eigenvalue weighted by Gasteiger charge is 2.14. The van der Waals surface area contributed by atoms with Crippen molar-refractivity contribution in [1.29, 1.82) is 5.26 Å². The van der Waals surface area contributed by atoms with Gasteiger partial charge in [-0.1, -0.05) is 25.1 Å². The van der Waals surface area contributed by atoms with E-state index in [0.29, 0.717) is 12.0 Å². The fourth-order valence-corrected chi connectivity index (χ4v) is 1.70. The second-order valence-corrected chi connectivity index (χ2v) is 3.88. The Morgan fingerprint density at radius 2 is 2.12 bits per heavy atom. The van der Waals surface area contributed by atoms with Crippen molar-refractivity contribution in [2.24, 2.45) is 0 Å². The van der Waals surface area contributed by atoms with E-state index in [1.807, 2.05) is 19.9 Å². The maximum atomic E-state index is 13.5. The summed E-state index contributed by atoms with van der Waals surface area (Å²) in [5, 5.41) is 11.9. The SMILES string of the molecule is CCC(CC#N)NC(C)c1ccccc1F. The van der Waals surface area contributed by atoms with Crippen molar-refractivity contribution in [2.75, 3.05) is 0 Å². The van der Waals surface area contributed by atoms with E-state index in [9.17, 15) is 4.39 Å². The van der Waals surface area contributed by atoms with Gasteiger partial charge in [-0.2, -0.15) is 5.26 Å². The van der Waals surface area contributed by atoms with Crippen LogP contribution in [0.25, 0.3) is 0 Å². The first-order valence-corrected chi connectivity index (χ1v) is 5.56. The van der Waals surface area contributed by atoms with E-state index >= 15 is 0 Å². The van der Waals surface area contributed by atoms with Gasteiger partial charge in [0, 0.05) is 17.6 Å². The fourth-order valence-electron chi connectivity index (χ4n) is 1.70. The van der Waals surface area contributed by atoms with Crippen molar-refractivity contribution < 1.29 is 4.39 Å². The van der Waals surface area contributed by atoms with E-state index in [-0.39, 0.29) is 17.9 Å². The number of nitrogens with zero attached hydrogens (tertiary/aromatic N) is 1. The zero-order chi connectivity index (χ0) is 12.0. The van der Waals surface area contributed by atoms with Gasteiger partial charge in [-0.05, 0) is 19.4 Å². The summed E-state index contributed by atoms with van der Waals surface area (Å²) < 4.78 is 13.5. The Kier molecular flexibility index (Phi) is 4.94. The van der Waals surface area contributed by atoms with Crippen LogP contribution in [0.2, 0.25) is 0 Å². The maximum Gasteiger partial charge on any atom is 0.127 e. The molecular formula is C13H17FN2. The minimum absolute atomic E-state index is 0.0699. The fraction of sp³-hybridized carbons (Fsp3) is 0.462. The van der Waals surface area contributed by atoms with Gasteiger partial charge in [0.1, 0.15) is 5.82 Å². The number of nitriles is 1. The van der Waals surface area contributed by atoms with Crippen LogP contribution in [0, 0.1) is 17.1 Å². The Balaban J connectivity index is 2.68. The molecule has 1 N–H and O–H groups in total. The van der Waals surface area contributed by atoms with Gasteiger partial charge in [0.25, 0.3) is 0 Å². The van der Waals surface area contributed by atoms with Gasteiger partial charge in [-0.25, -0.2) is 4.39 Å². The lowest BCUT2D eigenvalue weighted by Crippen LogP contribution is -2.31. The molecule has 2 atom stereocenters. The lowest BCUT2D eigenvalue weighted by Gasteiger charge is -2.20. The molecule has 0 saturated heterocycles. The smallest absolute Gasteiger partial charge is 0.127 e. The predicted octanol–water partition coefficient (Wildman–Crippen LogP) is 3.17. The Morgan fingerprint density at radius 1 is 1.44 bits per heavy atom. The summed E-state index contributed by atoms with van der Waals surface area (Å²) in [5.74, 6) is -0.200. The molecule has 0 aromatic heterocycles. The largest absolute Gasteiger partial charge is 0.306 e. The van der Waals surface area contributed by atoms with Crippen LogP contribution in [0.5, 0.6) is 0 Å². The summed E-state index contributed by atoms with van der Waals surface area (Å²) in [6.07, 6.45) is 1.32. The molecular weight excluding hydrogens is 203 g/mol. The van der Waals surface area contributed by atoms with Crippen LogP contribution in [0.1, 0.15) is 38.3 Å². The van der Waals surface area contributed by atoms with Gasteiger partial charge in [-0.15, -0.1) is 0 Å². The van der Waals surface area contributed by atoms with Crippen molar-refractivity contribution in [2.45, 2.75) is 38.8 Å². The molecule has 0 aliphatic carbocycles. The minimum atomic E-state index is -0.200. The molecule has 0 bridgehead atoms. The van der Waals surface area contributed by atoms with Gasteiger partial charge in [0.2, 0.25) is 0 Å². The van der Waals surface area contributed by atoms with Crippen molar-refractivity contribution in [3.05, 3.63) is 35.6 Å². The van der Waals surface area contributed by atoms with Gasteiger partial charge in [0.15, 0.2) is 0 Å². The van der Waals surface area contributed by atoms with E-state index in [2.05, 4.69) is 11.4 Å². The normalized spacial score (nSPS) is 14.1. The van der Waals surface area contributed by atoms with Crippen molar-refractivity contribution in [1.82, 2.24) is 5.32 Å². The molecule has 2 nitrogen and oxygen atoms in total. The average Bonchev–Trinajstić information content (AvgIpc) is 2.28. The summed E-state index contributed by atoms with van der Waals surface area (Å²) >= 11 is 0. The first-order valence-electron chi connectivity index (χ1n) is 5.56. The van der Waals surface area contributed by atoms with E-state index in [0.717, 1.165) is 6.42 Å². The highest BCUT2D eigenvalue weighted by molar-refractivity contribution is 5.20. The van der Waals surface area contributed by atoms with Gasteiger partial charge in [0.05, 0.1) is 12.5 Å². The highest BCUT2D eigenvalue weighted by Crippen LogP contribution is 2.17. The van der Waals surface area contributed by atoms with Crippen molar-refractivity contribution in [3.8, 4) is 6.07 Å². The molecule has 3 heteroatoms. The summed E-state index contributed by atoms with van der Waals surface area (Å²) in [7, 11) is 0. The molecule has 0 fully saturated rings. The highest BCUT2D eigenvalue weighted by atomic mass is 19.1. The number of benzene rings is 1. The first kappa shape index (κ1) is 12.7. The van der Waals surface area contributed by atoms with Crippen molar-refractivity contribution >= 4 is 0 Å². The van der Waals surface area contributed by atoms with E-state index in [1.165, 1.54) is 6.07 Å². The molecule has 2 unspecified atom stereocenters. The topological polar surface area (TPSA) is 35.8 Å². The lowest BCUT2D eigenvalue weighted by atomic mass is 10.1. The molecule has 0 heterocycles. The predicted molar refractivity (Wildman–Crippen MR) is 62.3 cm³/mol. The van der Waals surface area contributed by atoms with Crippen LogP contribution < -0.4 is 5.32 Å². The number of halogens is 1. The molecule has 1 rings (SSSR count). The van der Waals surface area contributed by atoms with Crippen LogP contribution in [0.3, 0.4) is 0 Å². The molecule has 1 aromatic carbocycles. The third-order valence-electron chi connectivity index (χ3n) is 2.69. The van der Waals surface area contributed by atoms with Gasteiger partial charge in [-0.3, -0.25) is 0 Å². The number of nitrogens with one attached hydrogen (secondary N) is 1. The van der Waals surface area contributed by atoms with Crippen LogP contribution in [-0.2, 0) is 0 Å². The molecule has 1 aromatic rings. The Labute approximate surface area is 96.1 Å². The zero-order valence-electron chi connectivity index (χ0n) is 9.70. The molecule has 0 spiro atoms. The Bertz CT molecular complexity index is 370. The molecule has 0 radical (unpaired) electrons. The van der Waals surface area contributed by atoms with Crippen LogP contribution in [-0.4, -0.2) is 6.04 Å². The molecule has 86 valence electrons. The van der Waals surface area contributed by atoms with Gasteiger partial charge >= 0.3 is 0 Å². The second kappa shape index (κ2) is 6.24. The number of hydrogen-bond acceptors (Lipinski definition) is 2. The molecule has 0 saturated carbocycles. The Morgan fingerprint density at radius 3 is 2.69 bits per heavy atom. The minimum Gasteiger partial charge on any atom is -0.306 e. The standard InChI is InChI=1S/C13H17FN2/c1-3-11(8-9-15)16-10(2)12-6-4-5-7-13(12)14/h4-7,10-11,16H,3,8H2,1-2H3. The van der Waals surface area contributed by atoms with Crippen LogP contribution in [0.15, 0.2) is 24.3 Å². The zero-order valence-corrected chi connectivity index (χ0v) is 9.70. The van der Waals surface area contributed by atoms with E-state index in [1.54, 1.807) is 12.1 Å². The molecule has 0 aliphatic rings. The number of hydrogen-bond donors (Lipinski definition) is 1. The summed E-state index contributed by atoms with van der Waals surface area (Å²) in [5.41, 5.74) is 0.652. The molecule has 0 amide bonds. The van der Waals surface area contributed by atoms with E-state index < -0.39 is 0 Å².